The zero-order chi connectivity index (χ0) is 16.0. The second-order valence-corrected chi connectivity index (χ2v) is 5.87. The van der Waals surface area contributed by atoms with Crippen molar-refractivity contribution in [1.29, 1.82) is 0 Å². The number of hydrogen-bond acceptors (Lipinski definition) is 4. The molecule has 4 rings (SSSR count). The van der Waals surface area contributed by atoms with Crippen LogP contribution in [0.25, 0.3) is 5.52 Å². The van der Waals surface area contributed by atoms with Crippen LogP contribution in [0.5, 0.6) is 0 Å². The third kappa shape index (κ3) is 2.31. The lowest BCUT2D eigenvalue weighted by Crippen LogP contribution is -2.49. The van der Waals surface area contributed by atoms with Gasteiger partial charge < -0.3 is 0 Å². The molecule has 3 aromatic rings. The van der Waals surface area contributed by atoms with E-state index in [1.54, 1.807) is 39.1 Å². The summed E-state index contributed by atoms with van der Waals surface area (Å²) in [6, 6.07) is 9.33. The summed E-state index contributed by atoms with van der Waals surface area (Å²) >= 11 is 5.96. The lowest BCUT2D eigenvalue weighted by atomic mass is 10.1. The van der Waals surface area contributed by atoms with Gasteiger partial charge in [0.05, 0.1) is 10.5 Å². The number of fused-ring (bicyclic) bond motifs is 2. The van der Waals surface area contributed by atoms with E-state index in [0.29, 0.717) is 17.3 Å². The van der Waals surface area contributed by atoms with E-state index >= 15 is 0 Å². The molecule has 116 valence electrons. The molecule has 0 spiro atoms. The molecule has 0 aliphatic carbocycles. The molecule has 0 unspecified atom stereocenters. The van der Waals surface area contributed by atoms with Gasteiger partial charge >= 0.3 is 0 Å². The Balaban J connectivity index is 1.68. The first kappa shape index (κ1) is 14.0. The number of amides is 1. The maximum atomic E-state index is 12.8. The first-order valence-electron chi connectivity index (χ1n) is 7.28. The molecule has 6 nitrogen and oxygen atoms in total. The molecule has 0 atom stereocenters. The number of hydrogen-bond donors (Lipinski definition) is 0. The minimum Gasteiger partial charge on any atom is -0.268 e. The summed E-state index contributed by atoms with van der Waals surface area (Å²) in [4.78, 5) is 17.2. The van der Waals surface area contributed by atoms with Gasteiger partial charge in [0.2, 0.25) is 0 Å². The van der Waals surface area contributed by atoms with Gasteiger partial charge in [0.1, 0.15) is 5.82 Å². The van der Waals surface area contributed by atoms with E-state index in [2.05, 4.69) is 10.1 Å². The molecule has 23 heavy (non-hydrogen) atoms. The number of rotatable bonds is 1. The molecule has 7 heteroatoms. The molecule has 1 amide bonds. The average Bonchev–Trinajstić information content (AvgIpc) is 2.98. The van der Waals surface area contributed by atoms with Crippen LogP contribution in [-0.2, 0) is 6.42 Å². The lowest BCUT2D eigenvalue weighted by molar-refractivity contribution is 0.0730. The van der Waals surface area contributed by atoms with Crippen LogP contribution in [0.2, 0.25) is 5.02 Å². The summed E-state index contributed by atoms with van der Waals surface area (Å²) in [5, 5.41) is 8.36. The standard InChI is InChI=1S/C16H14ClN5O/c1-20-15-11(3-2-7-18-15)6-8-22(20)16(23)14-9-13-5-4-12(17)10-21(13)19-14/h2-5,7,9-10H,6,8H2,1H3. The summed E-state index contributed by atoms with van der Waals surface area (Å²) < 4.78 is 1.62. The number of carbonyl (C=O) groups is 1. The van der Waals surface area contributed by atoms with E-state index in [-0.39, 0.29) is 5.91 Å². The molecule has 0 saturated heterocycles. The van der Waals surface area contributed by atoms with Crippen molar-refractivity contribution in [1.82, 2.24) is 19.6 Å². The molecule has 0 bridgehead atoms. The van der Waals surface area contributed by atoms with Crippen molar-refractivity contribution in [2.75, 3.05) is 18.6 Å². The van der Waals surface area contributed by atoms with Crippen molar-refractivity contribution in [3.63, 3.8) is 0 Å². The first-order chi connectivity index (χ1) is 11.1. The van der Waals surface area contributed by atoms with Crippen LogP contribution in [0.4, 0.5) is 5.82 Å². The molecule has 0 aromatic carbocycles. The third-order valence-electron chi connectivity index (χ3n) is 4.01. The number of anilines is 1. The smallest absolute Gasteiger partial charge is 0.268 e. The van der Waals surface area contributed by atoms with Crippen LogP contribution in [-0.4, -0.2) is 39.1 Å². The SMILES string of the molecule is CN1c2ncccc2CCN1C(=O)c1cc2ccc(Cl)cn2n1. The predicted octanol–water partition coefficient (Wildman–Crippen LogP) is 2.43. The second kappa shape index (κ2) is 5.24. The average molecular weight is 328 g/mol. The van der Waals surface area contributed by atoms with Crippen LogP contribution in [0, 0.1) is 0 Å². The van der Waals surface area contributed by atoms with Gasteiger partial charge in [-0.15, -0.1) is 0 Å². The Morgan fingerprint density at radius 2 is 2.17 bits per heavy atom. The van der Waals surface area contributed by atoms with E-state index in [4.69, 9.17) is 11.6 Å². The monoisotopic (exact) mass is 327 g/mol. The van der Waals surface area contributed by atoms with Crippen molar-refractivity contribution < 1.29 is 4.79 Å². The normalized spacial score (nSPS) is 14.2. The Bertz CT molecular complexity index is 906. The largest absolute Gasteiger partial charge is 0.292 e. The van der Waals surface area contributed by atoms with Crippen LogP contribution in [0.15, 0.2) is 42.7 Å². The maximum absolute atomic E-state index is 12.8. The van der Waals surface area contributed by atoms with Crippen LogP contribution >= 0.6 is 11.6 Å². The minimum absolute atomic E-state index is 0.149. The van der Waals surface area contributed by atoms with E-state index in [1.165, 1.54) is 0 Å². The van der Waals surface area contributed by atoms with Crippen molar-refractivity contribution in [3.8, 4) is 0 Å². The fourth-order valence-corrected chi connectivity index (χ4v) is 3.00. The fraction of sp³-hybridized carbons (Fsp3) is 0.188. The van der Waals surface area contributed by atoms with E-state index in [1.807, 2.05) is 25.2 Å². The summed E-state index contributed by atoms with van der Waals surface area (Å²) in [5.41, 5.74) is 2.36. The fourth-order valence-electron chi connectivity index (χ4n) is 2.84. The van der Waals surface area contributed by atoms with Gasteiger partial charge in [0.15, 0.2) is 5.69 Å². The highest BCUT2D eigenvalue weighted by Gasteiger charge is 2.28. The van der Waals surface area contributed by atoms with Crippen LogP contribution in [0.1, 0.15) is 16.1 Å². The van der Waals surface area contributed by atoms with Crippen LogP contribution in [0.3, 0.4) is 0 Å². The van der Waals surface area contributed by atoms with Crippen molar-refractivity contribution >= 4 is 28.8 Å². The molecular weight excluding hydrogens is 314 g/mol. The quantitative estimate of drug-likeness (QED) is 0.689. The molecule has 0 N–H and O–H groups in total. The van der Waals surface area contributed by atoms with E-state index in [9.17, 15) is 4.79 Å². The highest BCUT2D eigenvalue weighted by atomic mass is 35.5. The predicted molar refractivity (Wildman–Crippen MR) is 87.6 cm³/mol. The van der Waals surface area contributed by atoms with Crippen molar-refractivity contribution in [3.05, 3.63) is 59.0 Å². The Labute approximate surface area is 137 Å². The number of aromatic nitrogens is 3. The molecule has 1 aliphatic heterocycles. The zero-order valence-corrected chi connectivity index (χ0v) is 13.2. The number of carbonyl (C=O) groups excluding carboxylic acids is 1. The summed E-state index contributed by atoms with van der Waals surface area (Å²) in [5.74, 6) is 0.655. The molecule has 3 aromatic heterocycles. The summed E-state index contributed by atoms with van der Waals surface area (Å²) in [6.45, 7) is 0.600. The Hall–Kier alpha value is -2.60. The number of pyridine rings is 2. The highest BCUT2D eigenvalue weighted by Crippen LogP contribution is 2.24. The minimum atomic E-state index is -0.149. The highest BCUT2D eigenvalue weighted by molar-refractivity contribution is 6.30. The second-order valence-electron chi connectivity index (χ2n) is 5.43. The molecule has 4 heterocycles. The van der Waals surface area contributed by atoms with Gasteiger partial charge in [0.25, 0.3) is 5.91 Å². The van der Waals surface area contributed by atoms with E-state index < -0.39 is 0 Å². The number of hydrazine groups is 1. The summed E-state index contributed by atoms with van der Waals surface area (Å²) in [7, 11) is 1.84. The van der Waals surface area contributed by atoms with Gasteiger partial charge in [-0.1, -0.05) is 17.7 Å². The molecule has 1 aliphatic rings. The topological polar surface area (TPSA) is 53.7 Å². The maximum Gasteiger partial charge on any atom is 0.292 e. The Kier molecular flexibility index (Phi) is 3.20. The molecule has 0 saturated carbocycles. The van der Waals surface area contributed by atoms with Gasteiger partial charge in [-0.25, -0.2) is 14.5 Å². The number of nitrogens with zero attached hydrogens (tertiary/aromatic N) is 5. The van der Waals surface area contributed by atoms with Gasteiger partial charge in [0, 0.05) is 26.0 Å². The third-order valence-corrected chi connectivity index (χ3v) is 4.23. The number of halogens is 1. The van der Waals surface area contributed by atoms with Gasteiger partial charge in [-0.3, -0.25) is 9.80 Å². The first-order valence-corrected chi connectivity index (χ1v) is 7.65. The van der Waals surface area contributed by atoms with Crippen molar-refractivity contribution in [2.24, 2.45) is 0 Å². The Morgan fingerprint density at radius 1 is 1.30 bits per heavy atom. The molecule has 0 radical (unpaired) electrons. The van der Waals surface area contributed by atoms with Crippen molar-refractivity contribution in [2.45, 2.75) is 6.42 Å². The van der Waals surface area contributed by atoms with E-state index in [0.717, 1.165) is 23.3 Å². The molecule has 0 fully saturated rings. The Morgan fingerprint density at radius 3 is 3.04 bits per heavy atom. The van der Waals surface area contributed by atoms with Crippen LogP contribution < -0.4 is 5.01 Å². The van der Waals surface area contributed by atoms with Gasteiger partial charge in [-0.2, -0.15) is 5.10 Å². The van der Waals surface area contributed by atoms with Gasteiger partial charge in [-0.05, 0) is 36.2 Å². The zero-order valence-electron chi connectivity index (χ0n) is 12.5. The molecular formula is C16H14ClN5O. The summed E-state index contributed by atoms with van der Waals surface area (Å²) in [6.07, 6.45) is 4.19. The lowest BCUT2D eigenvalue weighted by Gasteiger charge is -2.37.